The van der Waals surface area contributed by atoms with E-state index in [4.69, 9.17) is 33.9 Å². The van der Waals surface area contributed by atoms with E-state index in [0.29, 0.717) is 15.9 Å². The highest BCUT2D eigenvalue weighted by atomic mass is 35.5. The third-order valence-corrected chi connectivity index (χ3v) is 3.93. The van der Waals surface area contributed by atoms with Crippen molar-refractivity contribution in [2.75, 3.05) is 5.73 Å². The number of nitrogens with two attached hydrogens (primary N) is 1. The van der Waals surface area contributed by atoms with E-state index in [0.717, 1.165) is 23.6 Å². The highest BCUT2D eigenvalue weighted by molar-refractivity contribution is 6.42. The van der Waals surface area contributed by atoms with Gasteiger partial charge in [0, 0.05) is 17.5 Å². The van der Waals surface area contributed by atoms with Gasteiger partial charge in [-0.05, 0) is 19.1 Å². The molecule has 0 saturated carbocycles. The van der Waals surface area contributed by atoms with Crippen molar-refractivity contribution in [3.8, 4) is 11.3 Å². The summed E-state index contributed by atoms with van der Waals surface area (Å²) in [5.41, 5.74) is 7.83. The molecule has 0 aliphatic heterocycles. The van der Waals surface area contributed by atoms with Crippen LogP contribution >= 0.6 is 23.2 Å². The van der Waals surface area contributed by atoms with Crippen LogP contribution in [-0.2, 0) is 12.0 Å². The van der Waals surface area contributed by atoms with E-state index >= 15 is 0 Å². The minimum Gasteiger partial charge on any atom is -0.383 e. The van der Waals surface area contributed by atoms with E-state index in [-0.39, 0.29) is 5.41 Å². The van der Waals surface area contributed by atoms with Crippen molar-refractivity contribution in [3.63, 3.8) is 0 Å². The summed E-state index contributed by atoms with van der Waals surface area (Å²) in [4.78, 5) is 4.73. The van der Waals surface area contributed by atoms with Crippen LogP contribution < -0.4 is 5.73 Å². The second kappa shape index (κ2) is 5.30. The van der Waals surface area contributed by atoms with Crippen molar-refractivity contribution in [2.24, 2.45) is 0 Å². The number of hydrogen-bond acceptors (Lipinski definition) is 2. The number of rotatable bonds is 2. The first-order chi connectivity index (χ1) is 9.25. The first kappa shape index (κ1) is 15.2. The topological polar surface area (TPSA) is 43.8 Å². The predicted octanol–water partition coefficient (Wildman–Crippen LogP) is 4.76. The molecule has 2 N–H and O–H groups in total. The standard InChI is InChI=1S/C15H19Cl2N3/c1-5-20-13(18)12(19-14(20)15(2,3)4)9-6-7-10(16)11(17)8-9/h6-8H,5,18H2,1-4H3. The zero-order chi connectivity index (χ0) is 15.1. The van der Waals surface area contributed by atoms with Gasteiger partial charge in [0.05, 0.1) is 10.0 Å². The molecule has 0 aliphatic carbocycles. The zero-order valence-corrected chi connectivity index (χ0v) is 13.7. The Balaban J connectivity index is 2.63. The van der Waals surface area contributed by atoms with Gasteiger partial charge in [-0.15, -0.1) is 0 Å². The quantitative estimate of drug-likeness (QED) is 0.869. The molecular formula is C15H19Cl2N3. The van der Waals surface area contributed by atoms with Gasteiger partial charge >= 0.3 is 0 Å². The smallest absolute Gasteiger partial charge is 0.131 e. The number of hydrogen-bond donors (Lipinski definition) is 1. The Hall–Kier alpha value is -1.19. The second-order valence-electron chi connectivity index (χ2n) is 5.79. The van der Waals surface area contributed by atoms with Crippen molar-refractivity contribution in [1.82, 2.24) is 9.55 Å². The molecule has 2 rings (SSSR count). The van der Waals surface area contributed by atoms with Crippen LogP contribution in [0.2, 0.25) is 10.0 Å². The number of nitrogen functional groups attached to an aromatic ring is 1. The summed E-state index contributed by atoms with van der Waals surface area (Å²) in [6, 6.07) is 5.45. The predicted molar refractivity (Wildman–Crippen MR) is 86.5 cm³/mol. The highest BCUT2D eigenvalue weighted by Crippen LogP contribution is 2.34. The molecule has 1 aromatic carbocycles. The third kappa shape index (κ3) is 2.65. The Labute approximate surface area is 129 Å². The van der Waals surface area contributed by atoms with Gasteiger partial charge in [-0.25, -0.2) is 4.98 Å². The molecule has 0 saturated heterocycles. The average molecular weight is 312 g/mol. The Morgan fingerprint density at radius 2 is 1.85 bits per heavy atom. The van der Waals surface area contributed by atoms with Gasteiger partial charge in [0.15, 0.2) is 0 Å². The molecule has 0 amide bonds. The number of anilines is 1. The molecule has 0 fully saturated rings. The molecule has 20 heavy (non-hydrogen) atoms. The molecule has 5 heteroatoms. The van der Waals surface area contributed by atoms with E-state index < -0.39 is 0 Å². The van der Waals surface area contributed by atoms with Gasteiger partial charge in [0.25, 0.3) is 0 Å². The van der Waals surface area contributed by atoms with Crippen molar-refractivity contribution >= 4 is 29.0 Å². The Bertz CT molecular complexity index is 639. The van der Waals surface area contributed by atoms with Gasteiger partial charge in [-0.3, -0.25) is 0 Å². The Kier molecular flexibility index (Phi) is 4.03. The first-order valence-electron chi connectivity index (χ1n) is 6.57. The molecular weight excluding hydrogens is 293 g/mol. The van der Waals surface area contributed by atoms with Gasteiger partial charge in [0.1, 0.15) is 17.3 Å². The summed E-state index contributed by atoms with van der Waals surface area (Å²) in [5.74, 6) is 1.63. The largest absolute Gasteiger partial charge is 0.383 e. The van der Waals surface area contributed by atoms with Crippen LogP contribution in [0.1, 0.15) is 33.5 Å². The lowest BCUT2D eigenvalue weighted by Gasteiger charge is -2.19. The summed E-state index contributed by atoms with van der Waals surface area (Å²) in [5, 5.41) is 1.03. The first-order valence-corrected chi connectivity index (χ1v) is 7.33. The fourth-order valence-corrected chi connectivity index (χ4v) is 2.51. The molecule has 108 valence electrons. The van der Waals surface area contributed by atoms with Crippen LogP contribution in [0.15, 0.2) is 18.2 Å². The number of halogens is 2. The zero-order valence-electron chi connectivity index (χ0n) is 12.2. The minimum atomic E-state index is -0.0708. The Morgan fingerprint density at radius 3 is 2.30 bits per heavy atom. The molecule has 2 aromatic rings. The maximum absolute atomic E-state index is 6.26. The van der Waals surface area contributed by atoms with Crippen LogP contribution in [0.25, 0.3) is 11.3 Å². The van der Waals surface area contributed by atoms with E-state index in [1.54, 1.807) is 12.1 Å². The number of imidazole rings is 1. The average Bonchev–Trinajstić information content (AvgIpc) is 2.69. The van der Waals surface area contributed by atoms with E-state index in [9.17, 15) is 0 Å². The highest BCUT2D eigenvalue weighted by Gasteiger charge is 2.24. The Morgan fingerprint density at radius 1 is 1.20 bits per heavy atom. The van der Waals surface area contributed by atoms with Gasteiger partial charge < -0.3 is 10.3 Å². The lowest BCUT2D eigenvalue weighted by Crippen LogP contribution is -2.19. The molecule has 0 bridgehead atoms. The van der Waals surface area contributed by atoms with Crippen LogP contribution in [0.5, 0.6) is 0 Å². The molecule has 0 unspecified atom stereocenters. The maximum Gasteiger partial charge on any atom is 0.131 e. The van der Waals surface area contributed by atoms with Crippen LogP contribution in [0.4, 0.5) is 5.82 Å². The van der Waals surface area contributed by atoms with E-state index in [1.807, 2.05) is 10.6 Å². The fraction of sp³-hybridized carbons (Fsp3) is 0.400. The van der Waals surface area contributed by atoms with Gasteiger partial charge in [0.2, 0.25) is 0 Å². The second-order valence-corrected chi connectivity index (χ2v) is 6.61. The van der Waals surface area contributed by atoms with E-state index in [1.165, 1.54) is 0 Å². The van der Waals surface area contributed by atoms with E-state index in [2.05, 4.69) is 27.7 Å². The summed E-state index contributed by atoms with van der Waals surface area (Å²) in [7, 11) is 0. The number of benzene rings is 1. The number of nitrogens with zero attached hydrogens (tertiary/aromatic N) is 2. The van der Waals surface area contributed by atoms with Crippen molar-refractivity contribution in [3.05, 3.63) is 34.1 Å². The summed E-state index contributed by atoms with van der Waals surface area (Å²) < 4.78 is 2.04. The third-order valence-electron chi connectivity index (χ3n) is 3.19. The minimum absolute atomic E-state index is 0.0708. The molecule has 0 aliphatic rings. The molecule has 0 spiro atoms. The molecule has 0 atom stereocenters. The SMILES string of the molecule is CCn1c(C(C)(C)C)nc(-c2ccc(Cl)c(Cl)c2)c1N. The van der Waals surface area contributed by atoms with Crippen molar-refractivity contribution in [1.29, 1.82) is 0 Å². The normalized spacial score (nSPS) is 11.9. The van der Waals surface area contributed by atoms with Crippen molar-refractivity contribution < 1.29 is 0 Å². The van der Waals surface area contributed by atoms with Gasteiger partial charge in [-0.1, -0.05) is 50.0 Å². The van der Waals surface area contributed by atoms with Crippen LogP contribution in [0, 0.1) is 0 Å². The molecule has 0 radical (unpaired) electrons. The van der Waals surface area contributed by atoms with Crippen LogP contribution in [0.3, 0.4) is 0 Å². The molecule has 1 aromatic heterocycles. The maximum atomic E-state index is 6.26. The number of aromatic nitrogens is 2. The summed E-state index contributed by atoms with van der Waals surface area (Å²) >= 11 is 12.0. The molecule has 3 nitrogen and oxygen atoms in total. The fourth-order valence-electron chi connectivity index (χ4n) is 2.21. The lowest BCUT2D eigenvalue weighted by molar-refractivity contribution is 0.509. The summed E-state index contributed by atoms with van der Waals surface area (Å²) in [6.45, 7) is 9.22. The lowest BCUT2D eigenvalue weighted by atomic mass is 9.95. The monoisotopic (exact) mass is 311 g/mol. The van der Waals surface area contributed by atoms with Crippen LogP contribution in [-0.4, -0.2) is 9.55 Å². The van der Waals surface area contributed by atoms with Gasteiger partial charge in [-0.2, -0.15) is 0 Å². The molecule has 1 heterocycles. The summed E-state index contributed by atoms with van der Waals surface area (Å²) in [6.07, 6.45) is 0. The van der Waals surface area contributed by atoms with Crippen molar-refractivity contribution in [2.45, 2.75) is 39.7 Å².